The van der Waals surface area contributed by atoms with Crippen LogP contribution in [0.1, 0.15) is 6.92 Å². The number of hydrogen-bond donors (Lipinski definition) is 22. The molecule has 21 heterocycles. The highest BCUT2D eigenvalue weighted by Gasteiger charge is 2.59. The zero-order valence-corrected chi connectivity index (χ0v) is 42.6. The first kappa shape index (κ1) is 66.6. The first-order chi connectivity index (χ1) is 38.4. The van der Waals surface area contributed by atoms with Crippen LogP contribution in [0.15, 0.2) is 0 Å². The summed E-state index contributed by atoms with van der Waals surface area (Å²) in [5.41, 5.74) is 0. The molecular formula is C44H74O37. The van der Waals surface area contributed by atoms with Gasteiger partial charge in [0, 0.05) is 6.92 Å². The summed E-state index contributed by atoms with van der Waals surface area (Å²) in [6, 6.07) is 0. The van der Waals surface area contributed by atoms with Crippen molar-refractivity contribution < 1.29 is 183 Å². The van der Waals surface area contributed by atoms with E-state index in [0.29, 0.717) is 0 Å². The predicted octanol–water partition coefficient (Wildman–Crippen LogP) is -15.1. The molecule has 21 aliphatic rings. The first-order valence-electron chi connectivity index (χ1n) is 25.5. The van der Waals surface area contributed by atoms with Crippen LogP contribution in [0.3, 0.4) is 0 Å². The fraction of sp³-hybridized carbons (Fsp3) is 0.977. The molecule has 0 saturated carbocycles. The zero-order valence-electron chi connectivity index (χ0n) is 42.6. The van der Waals surface area contributed by atoms with Gasteiger partial charge in [0.25, 0.3) is 5.97 Å². The number of rotatable bonds is 7. The smallest absolute Gasteiger partial charge is 0.300 e. The van der Waals surface area contributed by atoms with Gasteiger partial charge < -0.3 is 179 Å². The first-order valence-corrected chi connectivity index (χ1v) is 25.5. The summed E-state index contributed by atoms with van der Waals surface area (Å²) in [7, 11) is 0. The van der Waals surface area contributed by atoms with Crippen LogP contribution < -0.4 is 0 Å². The standard InChI is InChI=1S/C42H70O35.C2H4O2/c43-1-8-29-15(50)22(57)36(64-8)72-30-9(2-44)66-38(24(59)17(30)52)74-32-11(4-46)68-40(26(61)19(32)54)76-34-13(6-48)70-42(28(63)21(34)56)77-35-14(7-49)69-41(27(62)20(35)55)75-33-12(5-47)67-39(25(60)18(33)53)73-31-10(3-45)65-37(71-29)23(58)16(31)51;1-2(3)4/h8-63H,1-7H2;1H3,(H,3,4)/t8-,9-,10-,11-,12-,13-,14-,15-,16-,17-,18-,19-,20-,21-,22-,23-,24-,25-,26-,27-,28-,29-,30-,31-,32-,33-,34-,35-,36-,37-,38-,39-,40-,41-,42-;/m1./s1. The minimum absolute atomic E-state index is 0.833. The lowest BCUT2D eigenvalue weighted by molar-refractivity contribution is -0.396. The molecule has 0 unspecified atom stereocenters. The van der Waals surface area contributed by atoms with Gasteiger partial charge in [0.05, 0.1) is 46.2 Å². The topological polar surface area (TPSA) is 591 Å². The second-order valence-electron chi connectivity index (χ2n) is 20.2. The third kappa shape index (κ3) is 13.9. The van der Waals surface area contributed by atoms with Crippen molar-refractivity contribution in [2.75, 3.05) is 46.2 Å². The molecule has 22 N–H and O–H groups in total. The summed E-state index contributed by atoms with van der Waals surface area (Å²) in [5, 5.41) is 238. The van der Waals surface area contributed by atoms with E-state index < -0.39 is 267 Å². The zero-order chi connectivity index (χ0) is 59.6. The lowest BCUT2D eigenvalue weighted by Crippen LogP contribution is -2.68. The second kappa shape index (κ2) is 28.7. The second-order valence-corrected chi connectivity index (χ2v) is 20.2. The van der Waals surface area contributed by atoms with Gasteiger partial charge in [-0.2, -0.15) is 0 Å². The number of hydrogen-bond acceptors (Lipinski definition) is 36. The summed E-state index contributed by atoms with van der Waals surface area (Å²) in [4.78, 5) is 9.00. The number of aliphatic carboxylic acids is 1. The lowest BCUT2D eigenvalue weighted by atomic mass is 9.95. The van der Waals surface area contributed by atoms with Crippen LogP contribution >= 0.6 is 0 Å². The summed E-state index contributed by atoms with van der Waals surface area (Å²) in [6.07, 6.45) is -70.2. The van der Waals surface area contributed by atoms with Gasteiger partial charge in [-0.05, 0) is 0 Å². The van der Waals surface area contributed by atoms with Crippen molar-refractivity contribution >= 4 is 5.97 Å². The van der Waals surface area contributed by atoms with Gasteiger partial charge in [-0.1, -0.05) is 0 Å². The minimum atomic E-state index is -2.21. The van der Waals surface area contributed by atoms with Crippen molar-refractivity contribution in [1.82, 2.24) is 0 Å². The van der Waals surface area contributed by atoms with E-state index in [9.17, 15) is 107 Å². The lowest BCUT2D eigenvalue weighted by Gasteiger charge is -2.50. The fourth-order valence-corrected chi connectivity index (χ4v) is 10.4. The Morgan fingerprint density at radius 3 is 0.420 bits per heavy atom. The van der Waals surface area contributed by atoms with Crippen molar-refractivity contribution in [3.63, 3.8) is 0 Å². The number of aliphatic hydroxyl groups excluding tert-OH is 21. The molecule has 81 heavy (non-hydrogen) atoms. The predicted molar refractivity (Wildman–Crippen MR) is 242 cm³/mol. The summed E-state index contributed by atoms with van der Waals surface area (Å²) in [6.45, 7) is -6.24. The SMILES string of the molecule is CC(=O)O.OC[C@H]1O[C@@H]2O[C@H]3[C@H](O)[C@@H](O)[C@@H](O[C@H]4[C@H](O)[C@@H](O)[C@@H](O[C@H]5[C@H](O)[C@@H](O)[C@@H](O[C@H]6[C@H](O)[C@@H](O)[C@@H](O[C@H]7[C@H](O)[C@@H](O)[C@@H](O[C@H]8[C@H](O)[C@@H](O)[C@@H](O[C@H]1[C@H](O)[C@H]2O)O[C@@H]8CO)O[C@@H]7CO)O[C@@H]6CO)O[C@@H]5CO)O[C@@H]4CO)O[C@@H]3CO. The normalized spacial score (nSPS) is 52.9. The molecule has 0 spiro atoms. The van der Waals surface area contributed by atoms with Gasteiger partial charge in [0.15, 0.2) is 44.0 Å². The van der Waals surface area contributed by atoms with E-state index in [1.165, 1.54) is 0 Å². The molecule has 35 atom stereocenters. The molecule has 0 radical (unpaired) electrons. The quantitative estimate of drug-likeness (QED) is 0.113. The van der Waals surface area contributed by atoms with Gasteiger partial charge in [-0.3, -0.25) is 4.79 Å². The molecule has 21 saturated heterocycles. The third-order valence-electron chi connectivity index (χ3n) is 14.8. The maximum Gasteiger partial charge on any atom is 0.300 e. The molecule has 37 heteroatoms. The highest BCUT2D eigenvalue weighted by Crippen LogP contribution is 2.39. The number of carboxylic acid groups (broad SMARTS) is 1. The number of aliphatic hydroxyl groups is 21. The number of ether oxygens (including phenoxy) is 14. The highest BCUT2D eigenvalue weighted by atomic mass is 16.8. The van der Waals surface area contributed by atoms with E-state index >= 15 is 0 Å². The molecule has 37 nitrogen and oxygen atoms in total. The summed E-state index contributed by atoms with van der Waals surface area (Å²) >= 11 is 0. The van der Waals surface area contributed by atoms with Gasteiger partial charge >= 0.3 is 0 Å². The third-order valence-corrected chi connectivity index (χ3v) is 14.8. The maximum atomic E-state index is 11.3. The largest absolute Gasteiger partial charge is 0.481 e. The molecule has 472 valence electrons. The summed E-state index contributed by atoms with van der Waals surface area (Å²) < 4.78 is 79.5. The molecule has 21 fully saturated rings. The Hall–Kier alpha value is -1.93. The van der Waals surface area contributed by atoms with Crippen molar-refractivity contribution in [1.29, 1.82) is 0 Å². The Balaban J connectivity index is 0.00000229. The van der Waals surface area contributed by atoms with E-state index in [1.807, 2.05) is 0 Å². The van der Waals surface area contributed by atoms with Gasteiger partial charge in [0.2, 0.25) is 0 Å². The van der Waals surface area contributed by atoms with Gasteiger partial charge in [-0.25, -0.2) is 0 Å². The Labute approximate surface area is 457 Å². The van der Waals surface area contributed by atoms with Crippen molar-refractivity contribution in [2.45, 2.75) is 222 Å². The van der Waals surface area contributed by atoms with E-state index in [1.54, 1.807) is 0 Å². The Morgan fingerprint density at radius 2 is 0.333 bits per heavy atom. The molecule has 21 rings (SSSR count). The van der Waals surface area contributed by atoms with E-state index in [2.05, 4.69) is 0 Å². The minimum Gasteiger partial charge on any atom is -0.481 e. The molecular weight excluding hydrogens is 1120 g/mol. The van der Waals surface area contributed by atoms with Crippen molar-refractivity contribution in [3.05, 3.63) is 0 Å². The maximum absolute atomic E-state index is 11.3. The van der Waals surface area contributed by atoms with Crippen molar-refractivity contribution in [2.24, 2.45) is 0 Å². The van der Waals surface area contributed by atoms with Crippen LogP contribution in [0, 0.1) is 0 Å². The molecule has 14 bridgehead atoms. The van der Waals surface area contributed by atoms with E-state index in [-0.39, 0.29) is 0 Å². The highest BCUT2D eigenvalue weighted by molar-refractivity contribution is 5.63. The van der Waals surface area contributed by atoms with Crippen LogP contribution in [-0.4, -0.2) is 380 Å². The fourth-order valence-electron chi connectivity index (χ4n) is 10.4. The Kier molecular flexibility index (Phi) is 23.6. The molecule has 0 aromatic heterocycles. The summed E-state index contributed by atoms with van der Waals surface area (Å²) in [5.74, 6) is -0.833. The van der Waals surface area contributed by atoms with Crippen molar-refractivity contribution in [3.8, 4) is 0 Å². The van der Waals surface area contributed by atoms with E-state index in [0.717, 1.165) is 6.92 Å². The van der Waals surface area contributed by atoms with Crippen LogP contribution in [0.25, 0.3) is 0 Å². The average Bonchev–Trinajstić information content (AvgIpc) is 3.49. The van der Waals surface area contributed by atoms with E-state index in [4.69, 9.17) is 76.2 Å². The Bertz CT molecular complexity index is 1560. The molecule has 0 aromatic rings. The van der Waals surface area contributed by atoms with Crippen LogP contribution in [0.5, 0.6) is 0 Å². The molecule has 0 aliphatic carbocycles. The van der Waals surface area contributed by atoms with Crippen LogP contribution in [0.4, 0.5) is 0 Å². The van der Waals surface area contributed by atoms with Gasteiger partial charge in [0.1, 0.15) is 171 Å². The number of carbonyl (C=O) groups is 1. The Morgan fingerprint density at radius 1 is 0.235 bits per heavy atom. The monoisotopic (exact) mass is 1190 g/mol. The molecule has 0 amide bonds. The van der Waals surface area contributed by atoms with Crippen LogP contribution in [0.2, 0.25) is 0 Å². The number of carboxylic acids is 1. The van der Waals surface area contributed by atoms with Gasteiger partial charge in [-0.15, -0.1) is 0 Å². The van der Waals surface area contributed by atoms with Crippen LogP contribution in [-0.2, 0) is 71.1 Å². The average molecular weight is 1200 g/mol. The molecule has 21 aliphatic heterocycles. The molecule has 0 aromatic carbocycles.